The van der Waals surface area contributed by atoms with Crippen molar-refractivity contribution in [2.75, 3.05) is 5.73 Å². The van der Waals surface area contributed by atoms with Gasteiger partial charge in [-0.2, -0.15) is 0 Å². The zero-order valence-electron chi connectivity index (χ0n) is 10.9. The zero-order valence-corrected chi connectivity index (χ0v) is 10.9. The lowest BCUT2D eigenvalue weighted by atomic mass is 10.1. The molecule has 0 fully saturated rings. The highest BCUT2D eigenvalue weighted by molar-refractivity contribution is 5.34. The van der Waals surface area contributed by atoms with Crippen LogP contribution in [0.3, 0.4) is 0 Å². The fraction of sp³-hybridized carbons (Fsp3) is 0.286. The number of rotatable bonds is 3. The van der Waals surface area contributed by atoms with E-state index in [2.05, 4.69) is 23.8 Å². The van der Waals surface area contributed by atoms with Gasteiger partial charge in [0.15, 0.2) is 5.82 Å². The summed E-state index contributed by atoms with van der Waals surface area (Å²) in [6.07, 6.45) is 0. The van der Waals surface area contributed by atoms with Crippen LogP contribution in [0, 0.1) is 20.8 Å². The average Bonchev–Trinajstić information content (AvgIpc) is 2.29. The van der Waals surface area contributed by atoms with Gasteiger partial charge < -0.3 is 10.5 Å². The lowest BCUT2D eigenvalue weighted by molar-refractivity contribution is 0.295. The first-order valence-corrected chi connectivity index (χ1v) is 5.84. The molecule has 0 amide bonds. The van der Waals surface area contributed by atoms with E-state index in [1.165, 1.54) is 11.1 Å². The highest BCUT2D eigenvalue weighted by Crippen LogP contribution is 2.17. The topological polar surface area (TPSA) is 61.0 Å². The van der Waals surface area contributed by atoms with Crippen LogP contribution in [0.25, 0.3) is 0 Å². The second-order valence-electron chi connectivity index (χ2n) is 4.39. The number of nitrogens with zero attached hydrogens (tertiary/aromatic N) is 2. The fourth-order valence-electron chi connectivity index (χ4n) is 1.67. The Morgan fingerprint density at radius 1 is 1.06 bits per heavy atom. The van der Waals surface area contributed by atoms with Crippen molar-refractivity contribution in [3.05, 3.63) is 46.9 Å². The summed E-state index contributed by atoms with van der Waals surface area (Å²) in [5, 5.41) is 0. The quantitative estimate of drug-likeness (QED) is 0.900. The molecule has 1 aromatic carbocycles. The summed E-state index contributed by atoms with van der Waals surface area (Å²) in [4.78, 5) is 8.40. The van der Waals surface area contributed by atoms with Crippen LogP contribution in [0.5, 0.6) is 5.75 Å². The van der Waals surface area contributed by atoms with Crippen molar-refractivity contribution in [1.29, 1.82) is 0 Å². The van der Waals surface area contributed by atoms with Crippen LogP contribution in [-0.4, -0.2) is 9.97 Å². The van der Waals surface area contributed by atoms with Gasteiger partial charge in [-0.1, -0.05) is 6.07 Å². The summed E-state index contributed by atoms with van der Waals surface area (Å²) >= 11 is 0. The van der Waals surface area contributed by atoms with Crippen LogP contribution >= 0.6 is 0 Å². The monoisotopic (exact) mass is 243 g/mol. The Kier molecular flexibility index (Phi) is 3.46. The average molecular weight is 243 g/mol. The molecule has 0 aliphatic rings. The maximum atomic E-state index is 5.67. The van der Waals surface area contributed by atoms with Crippen molar-refractivity contribution in [1.82, 2.24) is 9.97 Å². The summed E-state index contributed by atoms with van der Waals surface area (Å²) in [6.45, 7) is 6.35. The van der Waals surface area contributed by atoms with Gasteiger partial charge >= 0.3 is 0 Å². The summed E-state index contributed by atoms with van der Waals surface area (Å²) in [5.41, 5.74) is 8.97. The molecule has 4 nitrogen and oxygen atoms in total. The normalized spacial score (nSPS) is 10.4. The summed E-state index contributed by atoms with van der Waals surface area (Å²) < 4.78 is 5.66. The number of aromatic nitrogens is 2. The van der Waals surface area contributed by atoms with Crippen molar-refractivity contribution in [3.63, 3.8) is 0 Å². The molecule has 0 bridgehead atoms. The van der Waals surface area contributed by atoms with Crippen LogP contribution in [0.2, 0.25) is 0 Å². The first-order chi connectivity index (χ1) is 8.54. The van der Waals surface area contributed by atoms with Crippen molar-refractivity contribution in [2.24, 2.45) is 0 Å². The van der Waals surface area contributed by atoms with E-state index in [0.29, 0.717) is 18.2 Å². The minimum absolute atomic E-state index is 0.328. The van der Waals surface area contributed by atoms with Gasteiger partial charge in [0.05, 0.1) is 0 Å². The lowest BCUT2D eigenvalue weighted by Crippen LogP contribution is -2.05. The number of nitrogen functional groups attached to an aromatic ring is 1. The maximum Gasteiger partial charge on any atom is 0.168 e. The van der Waals surface area contributed by atoms with E-state index in [4.69, 9.17) is 10.5 Å². The van der Waals surface area contributed by atoms with Gasteiger partial charge in [0.2, 0.25) is 0 Å². The van der Waals surface area contributed by atoms with Crippen LogP contribution in [-0.2, 0) is 6.61 Å². The Morgan fingerprint density at radius 2 is 1.83 bits per heavy atom. The smallest absolute Gasteiger partial charge is 0.168 e. The van der Waals surface area contributed by atoms with Crippen LogP contribution in [0.4, 0.5) is 5.82 Å². The van der Waals surface area contributed by atoms with Gasteiger partial charge in [-0.25, -0.2) is 9.97 Å². The molecule has 0 saturated heterocycles. The van der Waals surface area contributed by atoms with E-state index >= 15 is 0 Å². The van der Waals surface area contributed by atoms with Crippen LogP contribution in [0.1, 0.15) is 22.6 Å². The highest BCUT2D eigenvalue weighted by atomic mass is 16.5. The van der Waals surface area contributed by atoms with Crippen LogP contribution < -0.4 is 10.5 Å². The number of benzene rings is 1. The van der Waals surface area contributed by atoms with Crippen molar-refractivity contribution in [3.8, 4) is 5.75 Å². The Morgan fingerprint density at radius 3 is 2.50 bits per heavy atom. The van der Waals surface area contributed by atoms with E-state index in [-0.39, 0.29) is 0 Å². The van der Waals surface area contributed by atoms with Crippen molar-refractivity contribution >= 4 is 5.82 Å². The van der Waals surface area contributed by atoms with Crippen LogP contribution in [0.15, 0.2) is 24.3 Å². The SMILES string of the molecule is Cc1cc(N)nc(COc2ccc(C)c(C)c2)n1. The predicted octanol–water partition coefficient (Wildman–Crippen LogP) is 2.56. The highest BCUT2D eigenvalue weighted by Gasteiger charge is 2.02. The third-order valence-corrected chi connectivity index (χ3v) is 2.77. The number of aryl methyl sites for hydroxylation is 3. The molecule has 94 valence electrons. The molecule has 2 rings (SSSR count). The molecule has 0 unspecified atom stereocenters. The number of hydrogen-bond acceptors (Lipinski definition) is 4. The Labute approximate surface area is 107 Å². The second kappa shape index (κ2) is 5.04. The molecular formula is C14H17N3O. The van der Waals surface area contributed by atoms with Crippen molar-refractivity contribution < 1.29 is 4.74 Å². The lowest BCUT2D eigenvalue weighted by Gasteiger charge is -2.08. The van der Waals surface area contributed by atoms with Gasteiger partial charge in [-0.05, 0) is 44.0 Å². The third kappa shape index (κ3) is 2.97. The second-order valence-corrected chi connectivity index (χ2v) is 4.39. The Balaban J connectivity index is 2.08. The van der Waals surface area contributed by atoms with Gasteiger partial charge in [0.25, 0.3) is 0 Å². The molecule has 2 N–H and O–H groups in total. The van der Waals surface area contributed by atoms with Gasteiger partial charge in [-0.15, -0.1) is 0 Å². The number of hydrogen-bond donors (Lipinski definition) is 1. The first-order valence-electron chi connectivity index (χ1n) is 5.84. The molecule has 1 aromatic heterocycles. The molecule has 0 saturated carbocycles. The minimum Gasteiger partial charge on any atom is -0.486 e. The summed E-state index contributed by atoms with van der Waals surface area (Å²) in [7, 11) is 0. The van der Waals surface area contributed by atoms with Gasteiger partial charge in [-0.3, -0.25) is 0 Å². The third-order valence-electron chi connectivity index (χ3n) is 2.77. The summed E-state index contributed by atoms with van der Waals surface area (Å²) in [5.74, 6) is 1.90. The molecule has 0 atom stereocenters. The molecule has 0 radical (unpaired) electrons. The predicted molar refractivity (Wildman–Crippen MR) is 71.4 cm³/mol. The van der Waals surface area contributed by atoms with E-state index in [0.717, 1.165) is 11.4 Å². The van der Waals surface area contributed by atoms with E-state index in [1.54, 1.807) is 6.07 Å². The van der Waals surface area contributed by atoms with E-state index in [9.17, 15) is 0 Å². The molecular weight excluding hydrogens is 226 g/mol. The summed E-state index contributed by atoms with van der Waals surface area (Å²) in [6, 6.07) is 7.73. The molecule has 0 aliphatic carbocycles. The largest absolute Gasteiger partial charge is 0.486 e. The number of anilines is 1. The fourth-order valence-corrected chi connectivity index (χ4v) is 1.67. The molecule has 0 spiro atoms. The molecule has 18 heavy (non-hydrogen) atoms. The van der Waals surface area contributed by atoms with Gasteiger partial charge in [0, 0.05) is 11.8 Å². The Bertz CT molecular complexity index is 547. The molecule has 2 aromatic rings. The van der Waals surface area contributed by atoms with E-state index < -0.39 is 0 Å². The number of nitrogens with two attached hydrogens (primary N) is 1. The first kappa shape index (κ1) is 12.4. The Hall–Kier alpha value is -2.10. The number of ether oxygens (including phenoxy) is 1. The van der Waals surface area contributed by atoms with E-state index in [1.807, 2.05) is 25.1 Å². The maximum absolute atomic E-state index is 5.67. The van der Waals surface area contributed by atoms with Crippen molar-refractivity contribution in [2.45, 2.75) is 27.4 Å². The molecule has 1 heterocycles. The molecule has 4 heteroatoms. The zero-order chi connectivity index (χ0) is 13.1. The van der Waals surface area contributed by atoms with Gasteiger partial charge in [0.1, 0.15) is 18.2 Å². The molecule has 0 aliphatic heterocycles. The minimum atomic E-state index is 0.328. The standard InChI is InChI=1S/C14H17N3O/c1-9-4-5-12(6-10(9)2)18-8-14-16-11(3)7-13(15)17-14/h4-7H,8H2,1-3H3,(H2,15,16,17).